The van der Waals surface area contributed by atoms with Crippen molar-refractivity contribution in [2.45, 2.75) is 77.0 Å². The first kappa shape index (κ1) is 14.9. The number of hydrogen-bond acceptors (Lipinski definition) is 3. The van der Waals surface area contributed by atoms with Gasteiger partial charge in [0, 0.05) is 0 Å². The summed E-state index contributed by atoms with van der Waals surface area (Å²) in [5.41, 5.74) is 0. The van der Waals surface area contributed by atoms with E-state index in [2.05, 4.69) is 16.7 Å². The molecule has 0 radical (unpaired) electrons. The summed E-state index contributed by atoms with van der Waals surface area (Å²) in [6.45, 7) is 0. The first-order chi connectivity index (χ1) is 8.38. The van der Waals surface area contributed by atoms with Crippen LogP contribution in [0.3, 0.4) is 0 Å². The van der Waals surface area contributed by atoms with Crippen LogP contribution in [0.5, 0.6) is 0 Å². The third kappa shape index (κ3) is 6.39. The van der Waals surface area contributed by atoms with E-state index in [1.807, 2.05) is 0 Å². The van der Waals surface area contributed by atoms with Gasteiger partial charge in [-0.1, -0.05) is 77.0 Å². The highest BCUT2D eigenvalue weighted by molar-refractivity contribution is 4.75. The minimum Gasteiger partial charge on any atom is -0.220 e. The van der Waals surface area contributed by atoms with Gasteiger partial charge in [-0.2, -0.15) is 11.8 Å². The maximum absolute atomic E-state index is 4.12. The molecule has 102 valence electrons. The summed E-state index contributed by atoms with van der Waals surface area (Å²) < 4.78 is 0. The van der Waals surface area contributed by atoms with Crippen LogP contribution in [0.4, 0.5) is 0 Å². The van der Waals surface area contributed by atoms with E-state index in [0.29, 0.717) is 0 Å². The van der Waals surface area contributed by atoms with Gasteiger partial charge in [-0.25, -0.2) is 4.94 Å². The molecule has 2 aliphatic rings. The van der Waals surface area contributed by atoms with E-state index in [0.717, 1.165) is 11.8 Å². The largest absolute Gasteiger partial charge is 0.220 e. The Morgan fingerprint density at radius 2 is 0.765 bits per heavy atom. The standard InChI is InChI=1S/C14H26.H4N2O/c1-2-6-10-13(9-5-1)14-11-7-3-4-8-12-14;1-3-2/h13-14H,1-12H2;1-2H2. The SMILES string of the molecule is C1CCCC(C2CCCCCC2)CC1.NON. The molecule has 0 aromatic rings. The normalized spacial score (nSPS) is 24.4. The van der Waals surface area contributed by atoms with Crippen molar-refractivity contribution in [2.75, 3.05) is 0 Å². The fraction of sp³-hybridized carbons (Fsp3) is 1.00. The molecule has 2 saturated carbocycles. The molecule has 0 aromatic carbocycles. The Hall–Kier alpha value is -0.120. The molecule has 4 N–H and O–H groups in total. The summed E-state index contributed by atoms with van der Waals surface area (Å²) >= 11 is 0. The third-order valence-electron chi connectivity index (χ3n) is 4.47. The number of nitrogens with two attached hydrogens (primary N) is 2. The van der Waals surface area contributed by atoms with Crippen LogP contribution in [-0.4, -0.2) is 0 Å². The molecular weight excluding hydrogens is 212 g/mol. The molecule has 0 aliphatic heterocycles. The number of rotatable bonds is 1. The maximum Gasteiger partial charge on any atom is -0.0386 e. The summed E-state index contributed by atoms with van der Waals surface area (Å²) in [7, 11) is 0. The van der Waals surface area contributed by atoms with Crippen LogP contribution in [0.25, 0.3) is 0 Å². The molecule has 0 aromatic heterocycles. The minimum absolute atomic E-state index is 1.12. The molecule has 3 nitrogen and oxygen atoms in total. The van der Waals surface area contributed by atoms with E-state index in [1.165, 1.54) is 51.4 Å². The van der Waals surface area contributed by atoms with E-state index in [4.69, 9.17) is 0 Å². The van der Waals surface area contributed by atoms with Gasteiger partial charge in [0.15, 0.2) is 0 Å². The highest BCUT2D eigenvalue weighted by Gasteiger charge is 2.23. The van der Waals surface area contributed by atoms with Gasteiger partial charge in [-0.05, 0) is 11.8 Å². The Bertz CT molecular complexity index is 142. The average Bonchev–Trinajstić information content (AvgIpc) is 2.74. The molecule has 3 heteroatoms. The lowest BCUT2D eigenvalue weighted by Crippen LogP contribution is -2.13. The minimum atomic E-state index is 1.12. The summed E-state index contributed by atoms with van der Waals surface area (Å²) in [5, 5.41) is 0. The molecule has 17 heavy (non-hydrogen) atoms. The molecule has 2 fully saturated rings. The Kier molecular flexibility index (Phi) is 8.67. The van der Waals surface area contributed by atoms with Crippen molar-refractivity contribution in [3.8, 4) is 0 Å². The van der Waals surface area contributed by atoms with Gasteiger partial charge in [0.2, 0.25) is 0 Å². The van der Waals surface area contributed by atoms with Crippen LogP contribution in [0.15, 0.2) is 0 Å². The summed E-state index contributed by atoms with van der Waals surface area (Å²) in [6.07, 6.45) is 18.4. The van der Waals surface area contributed by atoms with Gasteiger partial charge >= 0.3 is 0 Å². The Balaban J connectivity index is 0.000000437. The van der Waals surface area contributed by atoms with Crippen LogP contribution in [-0.2, 0) is 4.94 Å². The zero-order valence-corrected chi connectivity index (χ0v) is 11.2. The van der Waals surface area contributed by atoms with Crippen LogP contribution in [0, 0.1) is 11.8 Å². The second kappa shape index (κ2) is 9.86. The quantitative estimate of drug-likeness (QED) is 0.544. The first-order valence-corrected chi connectivity index (χ1v) is 7.44. The lowest BCUT2D eigenvalue weighted by atomic mass is 9.81. The molecule has 0 bridgehead atoms. The predicted molar refractivity (Wildman–Crippen MR) is 71.8 cm³/mol. The van der Waals surface area contributed by atoms with E-state index in [-0.39, 0.29) is 0 Å². The van der Waals surface area contributed by atoms with Gasteiger partial charge in [-0.15, -0.1) is 0 Å². The lowest BCUT2D eigenvalue weighted by molar-refractivity contribution is 0.142. The first-order valence-electron chi connectivity index (χ1n) is 7.44. The second-order valence-electron chi connectivity index (χ2n) is 5.64. The highest BCUT2D eigenvalue weighted by Crippen LogP contribution is 2.36. The topological polar surface area (TPSA) is 61.3 Å². The summed E-state index contributed by atoms with van der Waals surface area (Å²) in [6, 6.07) is 0. The van der Waals surface area contributed by atoms with Crippen molar-refractivity contribution in [1.29, 1.82) is 0 Å². The fourth-order valence-corrected chi connectivity index (χ4v) is 3.56. The molecule has 2 aliphatic carbocycles. The van der Waals surface area contributed by atoms with Crippen LogP contribution in [0.2, 0.25) is 0 Å². The Labute approximate surface area is 106 Å². The molecule has 0 saturated heterocycles. The molecule has 0 heterocycles. The smallest absolute Gasteiger partial charge is 0.0386 e. The van der Waals surface area contributed by atoms with Gasteiger partial charge in [-0.3, -0.25) is 0 Å². The molecule has 0 amide bonds. The molecular formula is C14H30N2O. The van der Waals surface area contributed by atoms with Crippen molar-refractivity contribution < 1.29 is 4.94 Å². The van der Waals surface area contributed by atoms with Crippen LogP contribution < -0.4 is 11.8 Å². The zero-order valence-electron chi connectivity index (χ0n) is 11.2. The van der Waals surface area contributed by atoms with Crippen LogP contribution in [0.1, 0.15) is 77.0 Å². The van der Waals surface area contributed by atoms with Crippen molar-refractivity contribution in [3.63, 3.8) is 0 Å². The predicted octanol–water partition coefficient (Wildman–Crippen LogP) is 3.68. The lowest BCUT2D eigenvalue weighted by Gasteiger charge is -2.24. The van der Waals surface area contributed by atoms with Gasteiger partial charge < -0.3 is 0 Å². The van der Waals surface area contributed by atoms with Gasteiger partial charge in [0.25, 0.3) is 0 Å². The van der Waals surface area contributed by atoms with E-state index < -0.39 is 0 Å². The Morgan fingerprint density at radius 1 is 0.529 bits per heavy atom. The van der Waals surface area contributed by atoms with Crippen molar-refractivity contribution in [1.82, 2.24) is 0 Å². The van der Waals surface area contributed by atoms with E-state index in [1.54, 1.807) is 25.7 Å². The summed E-state index contributed by atoms with van der Waals surface area (Å²) in [4.78, 5) is 3.25. The van der Waals surface area contributed by atoms with Crippen molar-refractivity contribution in [3.05, 3.63) is 0 Å². The van der Waals surface area contributed by atoms with Crippen LogP contribution >= 0.6 is 0 Å². The highest BCUT2D eigenvalue weighted by atomic mass is 16.7. The van der Waals surface area contributed by atoms with E-state index in [9.17, 15) is 0 Å². The van der Waals surface area contributed by atoms with Gasteiger partial charge in [0.05, 0.1) is 0 Å². The monoisotopic (exact) mass is 242 g/mol. The molecule has 0 spiro atoms. The second-order valence-corrected chi connectivity index (χ2v) is 5.64. The Morgan fingerprint density at radius 3 is 1.00 bits per heavy atom. The molecule has 2 rings (SSSR count). The third-order valence-corrected chi connectivity index (χ3v) is 4.47. The zero-order chi connectivity index (χ0) is 12.3. The van der Waals surface area contributed by atoms with Crippen molar-refractivity contribution in [2.24, 2.45) is 23.6 Å². The molecule has 0 unspecified atom stereocenters. The fourth-order valence-electron chi connectivity index (χ4n) is 3.56. The van der Waals surface area contributed by atoms with Crippen molar-refractivity contribution >= 4 is 0 Å². The summed E-state index contributed by atoms with van der Waals surface area (Å²) in [5.74, 6) is 10.5. The van der Waals surface area contributed by atoms with Gasteiger partial charge in [0.1, 0.15) is 0 Å². The maximum atomic E-state index is 4.12. The average molecular weight is 242 g/mol. The number of hydrogen-bond donors (Lipinski definition) is 2. The van der Waals surface area contributed by atoms with E-state index >= 15 is 0 Å². The molecule has 0 atom stereocenters.